The first-order valence-corrected chi connectivity index (χ1v) is 8.45. The third-order valence-electron chi connectivity index (χ3n) is 4.52. The fraction of sp³-hybridized carbons (Fsp3) is 0.300. The predicted molar refractivity (Wildman–Crippen MR) is 97.9 cm³/mol. The molecular weight excluding hydrogens is 316 g/mol. The van der Waals surface area contributed by atoms with Crippen LogP contribution in [0.3, 0.4) is 0 Å². The molecule has 0 radical (unpaired) electrons. The van der Waals surface area contributed by atoms with Crippen LogP contribution in [0.2, 0.25) is 0 Å². The third kappa shape index (κ3) is 3.65. The molecule has 0 bridgehead atoms. The van der Waals surface area contributed by atoms with Crippen LogP contribution in [0.1, 0.15) is 18.9 Å². The molecule has 5 nitrogen and oxygen atoms in total. The number of amides is 2. The first-order chi connectivity index (χ1) is 12.1. The van der Waals surface area contributed by atoms with Gasteiger partial charge in [0.15, 0.2) is 0 Å². The van der Waals surface area contributed by atoms with Gasteiger partial charge < -0.3 is 15.0 Å². The summed E-state index contributed by atoms with van der Waals surface area (Å²) in [7, 11) is 1.60. The van der Waals surface area contributed by atoms with Crippen molar-refractivity contribution < 1.29 is 14.3 Å². The number of rotatable bonds is 5. The number of nitrogens with zero attached hydrogens (tertiary/aromatic N) is 1. The highest BCUT2D eigenvalue weighted by atomic mass is 16.5. The van der Waals surface area contributed by atoms with Crippen LogP contribution in [0, 0.1) is 5.92 Å². The molecule has 1 aliphatic heterocycles. The third-order valence-corrected chi connectivity index (χ3v) is 4.52. The van der Waals surface area contributed by atoms with Gasteiger partial charge in [0, 0.05) is 24.3 Å². The Balaban J connectivity index is 1.70. The Kier molecular flexibility index (Phi) is 5.03. The molecule has 2 aromatic carbocycles. The second kappa shape index (κ2) is 7.38. The minimum absolute atomic E-state index is 0.00391. The zero-order chi connectivity index (χ0) is 17.8. The van der Waals surface area contributed by atoms with E-state index in [1.54, 1.807) is 36.3 Å². The number of benzene rings is 2. The van der Waals surface area contributed by atoms with E-state index < -0.39 is 0 Å². The van der Waals surface area contributed by atoms with Gasteiger partial charge in [-0.05, 0) is 42.3 Å². The summed E-state index contributed by atoms with van der Waals surface area (Å²) < 4.78 is 5.11. The highest BCUT2D eigenvalue weighted by Gasteiger charge is 2.35. The number of anilines is 2. The molecule has 5 heteroatoms. The van der Waals surface area contributed by atoms with Crippen molar-refractivity contribution in [2.24, 2.45) is 5.92 Å². The van der Waals surface area contributed by atoms with Gasteiger partial charge in [-0.2, -0.15) is 0 Å². The molecule has 1 atom stereocenters. The van der Waals surface area contributed by atoms with E-state index in [4.69, 9.17) is 4.74 Å². The van der Waals surface area contributed by atoms with Gasteiger partial charge in [-0.3, -0.25) is 9.59 Å². The van der Waals surface area contributed by atoms with Crippen LogP contribution in [-0.2, 0) is 16.0 Å². The fourth-order valence-electron chi connectivity index (χ4n) is 3.11. The Morgan fingerprint density at radius 2 is 1.92 bits per heavy atom. The first kappa shape index (κ1) is 17.0. The van der Waals surface area contributed by atoms with Crippen molar-refractivity contribution in [3.05, 3.63) is 54.1 Å². The summed E-state index contributed by atoms with van der Waals surface area (Å²) in [5.41, 5.74) is 2.73. The van der Waals surface area contributed by atoms with E-state index in [9.17, 15) is 9.59 Å². The zero-order valence-electron chi connectivity index (χ0n) is 14.5. The summed E-state index contributed by atoms with van der Waals surface area (Å²) in [6.45, 7) is 2.48. The molecule has 0 saturated carbocycles. The van der Waals surface area contributed by atoms with Crippen molar-refractivity contribution in [2.45, 2.75) is 19.8 Å². The van der Waals surface area contributed by atoms with Gasteiger partial charge in [-0.1, -0.05) is 25.1 Å². The summed E-state index contributed by atoms with van der Waals surface area (Å²) >= 11 is 0. The van der Waals surface area contributed by atoms with Gasteiger partial charge in [-0.15, -0.1) is 0 Å². The predicted octanol–water partition coefficient (Wildman–Crippen LogP) is 3.25. The lowest BCUT2D eigenvalue weighted by Gasteiger charge is -2.20. The molecule has 0 spiro atoms. The van der Waals surface area contributed by atoms with Crippen molar-refractivity contribution in [1.29, 1.82) is 0 Å². The Morgan fingerprint density at radius 3 is 2.60 bits per heavy atom. The van der Waals surface area contributed by atoms with Crippen LogP contribution in [0.25, 0.3) is 0 Å². The number of nitrogens with one attached hydrogen (secondary N) is 1. The maximum absolute atomic E-state index is 12.5. The largest absolute Gasteiger partial charge is 0.497 e. The molecule has 2 aromatic rings. The van der Waals surface area contributed by atoms with Crippen LogP contribution in [-0.4, -0.2) is 25.5 Å². The average Bonchev–Trinajstić information content (AvgIpc) is 3.04. The van der Waals surface area contributed by atoms with Crippen LogP contribution in [0.15, 0.2) is 48.5 Å². The first-order valence-electron chi connectivity index (χ1n) is 8.45. The van der Waals surface area contributed by atoms with Crippen molar-refractivity contribution in [3.8, 4) is 5.75 Å². The smallest absolute Gasteiger partial charge is 0.229 e. The van der Waals surface area contributed by atoms with Gasteiger partial charge >= 0.3 is 0 Å². The lowest BCUT2D eigenvalue weighted by Crippen LogP contribution is -2.28. The van der Waals surface area contributed by atoms with Crippen molar-refractivity contribution in [2.75, 3.05) is 23.9 Å². The van der Waals surface area contributed by atoms with E-state index >= 15 is 0 Å². The van der Waals surface area contributed by atoms with E-state index in [2.05, 4.69) is 12.2 Å². The highest BCUT2D eigenvalue weighted by Crippen LogP contribution is 2.29. The molecule has 0 aliphatic carbocycles. The number of hydrogen-bond acceptors (Lipinski definition) is 3. The van der Waals surface area contributed by atoms with Gasteiger partial charge in [-0.25, -0.2) is 0 Å². The molecule has 1 saturated heterocycles. The highest BCUT2D eigenvalue weighted by molar-refractivity contribution is 6.03. The van der Waals surface area contributed by atoms with Gasteiger partial charge in [0.05, 0.1) is 13.0 Å². The summed E-state index contributed by atoms with van der Waals surface area (Å²) in [4.78, 5) is 26.7. The Morgan fingerprint density at radius 1 is 1.20 bits per heavy atom. The number of methoxy groups -OCH3 is 1. The lowest BCUT2D eigenvalue weighted by molar-refractivity contribution is -0.122. The molecule has 3 rings (SSSR count). The molecule has 1 aliphatic rings. The number of hydrogen-bond donors (Lipinski definition) is 1. The number of ether oxygens (including phenoxy) is 1. The van der Waals surface area contributed by atoms with Crippen LogP contribution in [0.4, 0.5) is 11.4 Å². The zero-order valence-corrected chi connectivity index (χ0v) is 14.5. The average molecular weight is 338 g/mol. The second-order valence-corrected chi connectivity index (χ2v) is 6.11. The maximum atomic E-state index is 12.5. The minimum atomic E-state index is -0.348. The van der Waals surface area contributed by atoms with E-state index in [0.29, 0.717) is 12.2 Å². The van der Waals surface area contributed by atoms with Crippen molar-refractivity contribution >= 4 is 23.2 Å². The number of aryl methyl sites for hydroxylation is 1. The number of para-hydroxylation sites is 1. The van der Waals surface area contributed by atoms with Gasteiger partial charge in [0.25, 0.3) is 0 Å². The Hall–Kier alpha value is -2.82. The number of carbonyl (C=O) groups is 2. The van der Waals surface area contributed by atoms with E-state index in [0.717, 1.165) is 23.4 Å². The molecule has 2 amide bonds. The minimum Gasteiger partial charge on any atom is -0.497 e. The Labute approximate surface area is 147 Å². The molecule has 0 aromatic heterocycles. The number of carbonyl (C=O) groups excluding carboxylic acids is 2. The summed E-state index contributed by atoms with van der Waals surface area (Å²) in [6.07, 6.45) is 1.09. The molecular formula is C20H22N2O3. The van der Waals surface area contributed by atoms with E-state index in [-0.39, 0.29) is 24.2 Å². The van der Waals surface area contributed by atoms with Crippen molar-refractivity contribution in [1.82, 2.24) is 0 Å². The fourth-order valence-corrected chi connectivity index (χ4v) is 3.11. The summed E-state index contributed by atoms with van der Waals surface area (Å²) in [5.74, 6) is 0.252. The summed E-state index contributed by atoms with van der Waals surface area (Å²) in [5, 5.41) is 2.88. The van der Waals surface area contributed by atoms with E-state index in [1.165, 1.54) is 0 Å². The van der Waals surface area contributed by atoms with Crippen LogP contribution < -0.4 is 15.0 Å². The van der Waals surface area contributed by atoms with Crippen molar-refractivity contribution in [3.63, 3.8) is 0 Å². The molecule has 1 fully saturated rings. The van der Waals surface area contributed by atoms with Gasteiger partial charge in [0.2, 0.25) is 11.8 Å². The monoisotopic (exact) mass is 338 g/mol. The lowest BCUT2D eigenvalue weighted by atomic mass is 10.1. The van der Waals surface area contributed by atoms with Crippen LogP contribution >= 0.6 is 0 Å². The Bertz CT molecular complexity index is 771. The molecule has 1 N–H and O–H groups in total. The molecule has 25 heavy (non-hydrogen) atoms. The SMILES string of the molecule is CCc1ccccc1N1C[C@H](C(=O)Nc2ccc(OC)cc2)CC1=O. The molecule has 1 heterocycles. The van der Waals surface area contributed by atoms with Gasteiger partial charge in [0.1, 0.15) is 5.75 Å². The molecule has 0 unspecified atom stereocenters. The maximum Gasteiger partial charge on any atom is 0.229 e. The standard InChI is InChI=1S/C20H22N2O3/c1-3-14-6-4-5-7-18(14)22-13-15(12-19(22)23)20(24)21-16-8-10-17(25-2)11-9-16/h4-11,15H,3,12-13H2,1-2H3,(H,21,24)/t15-/m1/s1. The second-order valence-electron chi connectivity index (χ2n) is 6.11. The van der Waals surface area contributed by atoms with E-state index in [1.807, 2.05) is 24.3 Å². The van der Waals surface area contributed by atoms with Crippen LogP contribution in [0.5, 0.6) is 5.75 Å². The molecule has 130 valence electrons. The topological polar surface area (TPSA) is 58.6 Å². The normalized spacial score (nSPS) is 16.8. The summed E-state index contributed by atoms with van der Waals surface area (Å²) in [6, 6.07) is 15.0. The quantitative estimate of drug-likeness (QED) is 0.910.